The Kier molecular flexibility index (Phi) is 31.2. The van der Waals surface area contributed by atoms with E-state index in [1.165, 1.54) is 6.92 Å². The first kappa shape index (κ1) is 69.5. The van der Waals surface area contributed by atoms with Crippen LogP contribution in [0, 0.1) is 11.3 Å². The summed E-state index contributed by atoms with van der Waals surface area (Å²) in [5, 5.41) is -22.8. The number of nitrogens with zero attached hydrogens (tertiary/aromatic N) is 3. The molecule has 0 heterocycles. The van der Waals surface area contributed by atoms with Gasteiger partial charge in [-0.1, -0.05) is 3.89 Å². The van der Waals surface area contributed by atoms with Crippen LogP contribution in [0.25, 0.3) is 8.25 Å². The maximum atomic E-state index is 12.3. The fourth-order valence-electron chi connectivity index (χ4n) is 1.01. The Morgan fingerprint density at radius 2 is 0.537 bits per heavy atom. The fraction of sp³-hybridized carbons (Fsp3) is 0.917. The molecule has 54 heavy (non-hydrogen) atoms. The van der Waals surface area contributed by atoms with Gasteiger partial charge in [-0.15, -0.1) is 0 Å². The summed E-state index contributed by atoms with van der Waals surface area (Å²) in [7, 11) is -34.5. The predicted octanol–water partition coefficient (Wildman–Crippen LogP) is -1.02. The number of hydrogen-bond acceptors (Lipinski definition) is 12. The molecule has 0 bridgehead atoms. The van der Waals surface area contributed by atoms with Gasteiger partial charge in [-0.2, -0.15) is 57.6 Å². The van der Waals surface area contributed by atoms with Crippen LogP contribution in [-0.4, -0.2) is 106 Å². The molecule has 0 aromatic heterocycles. The van der Waals surface area contributed by atoms with E-state index in [0.717, 1.165) is 8.25 Å². The van der Waals surface area contributed by atoms with E-state index >= 15 is 0 Å². The minimum atomic E-state index is -6.99. The Hall–Kier alpha value is 0.923. The summed E-state index contributed by atoms with van der Waals surface area (Å²) >= 11 is 0. The number of halogens is 21. The Morgan fingerprint density at radius 1 is 0.426 bits per heavy atom. The zero-order chi connectivity index (χ0) is 43.0. The van der Waals surface area contributed by atoms with Gasteiger partial charge < -0.3 is 13.7 Å². The third-order valence-electron chi connectivity index (χ3n) is 3.36. The zero-order valence-corrected chi connectivity index (χ0v) is 35.1. The normalized spacial score (nSPS) is 13.5. The first-order valence-corrected chi connectivity index (χ1v) is 17.0. The molecule has 0 spiro atoms. The molecule has 0 aromatic rings. The van der Waals surface area contributed by atoms with E-state index in [1.807, 2.05) is 0 Å². The van der Waals surface area contributed by atoms with Gasteiger partial charge in [0.25, 0.3) is 0 Å². The Morgan fingerprint density at radius 3 is 0.593 bits per heavy atom. The SMILES string of the molecule is CC#N.O=S(=O)(F)C(F)(F)C(F)F.O=S(=O)([N-]S(=O)(=O)C(F)(F)C(F)F)C(F)(F)C(F)F.O=S(=O)([N-]S(=O)(=O)C(F)(F)C(F)F)C(F)(F)C(F)F.[K+].[K+].[OH-]. The molecule has 0 saturated heterocycles. The Balaban J connectivity index is -0.000000120. The molecule has 0 fully saturated rings. The Bertz CT molecular complexity index is 1550. The van der Waals surface area contributed by atoms with Crippen LogP contribution in [0.3, 0.4) is 0 Å². The van der Waals surface area contributed by atoms with Crippen molar-refractivity contribution in [1.82, 2.24) is 0 Å². The van der Waals surface area contributed by atoms with Crippen molar-refractivity contribution >= 4 is 50.3 Å². The van der Waals surface area contributed by atoms with E-state index in [4.69, 9.17) is 5.26 Å². The number of alkyl halides is 20. The monoisotopic (exact) mass is 1010 g/mol. The molecule has 0 aromatic carbocycles. The van der Waals surface area contributed by atoms with Gasteiger partial charge in [-0.05, 0) is 0 Å². The second-order valence-electron chi connectivity index (χ2n) is 7.02. The van der Waals surface area contributed by atoms with E-state index < -0.39 is 109 Å². The molecule has 1 N–H and O–H groups in total. The molecular formula is C12H9F21K2N3O11S5-. The zero-order valence-electron chi connectivity index (χ0n) is 24.7. The maximum Gasteiger partial charge on any atom is 1.00 e. The smallest absolute Gasteiger partial charge is 0.870 e. The summed E-state index contributed by atoms with van der Waals surface area (Å²) in [5.41, 5.74) is 0. The van der Waals surface area contributed by atoms with Crippen LogP contribution in [0.2, 0.25) is 0 Å². The van der Waals surface area contributed by atoms with Gasteiger partial charge in [0.15, 0.2) is 40.1 Å². The molecule has 0 rings (SSSR count). The topological polar surface area (TPSA) is 253 Å². The molecule has 0 atom stereocenters. The third-order valence-corrected chi connectivity index (χ3v) is 10.8. The molecule has 42 heteroatoms. The summed E-state index contributed by atoms with van der Waals surface area (Å²) in [6.45, 7) is 1.43. The van der Waals surface area contributed by atoms with Crippen molar-refractivity contribution in [3.63, 3.8) is 0 Å². The van der Waals surface area contributed by atoms with Crippen molar-refractivity contribution in [2.75, 3.05) is 0 Å². The minimum absolute atomic E-state index is 0. The largest absolute Gasteiger partial charge is 1.00 e. The van der Waals surface area contributed by atoms with Gasteiger partial charge in [-0.3, -0.25) is 0 Å². The van der Waals surface area contributed by atoms with Crippen molar-refractivity contribution in [3.8, 4) is 6.07 Å². The van der Waals surface area contributed by atoms with Crippen LogP contribution in [0.5, 0.6) is 0 Å². The second-order valence-corrected chi connectivity index (χ2v) is 15.6. The van der Waals surface area contributed by atoms with Crippen LogP contribution in [-0.2, 0) is 50.3 Å². The van der Waals surface area contributed by atoms with Gasteiger partial charge in [-0.25, -0.2) is 77.6 Å². The van der Waals surface area contributed by atoms with Crippen LogP contribution in [0.4, 0.5) is 91.7 Å². The van der Waals surface area contributed by atoms with E-state index in [0.29, 0.717) is 0 Å². The molecular weight excluding hydrogens is 1000 g/mol. The van der Waals surface area contributed by atoms with E-state index in [-0.39, 0.29) is 108 Å². The maximum absolute atomic E-state index is 12.3. The van der Waals surface area contributed by atoms with Crippen LogP contribution < -0.4 is 103 Å². The molecule has 318 valence electrons. The molecule has 0 unspecified atom stereocenters. The quantitative estimate of drug-likeness (QED) is 0.115. The minimum Gasteiger partial charge on any atom is -0.870 e. The number of nitriles is 1. The summed E-state index contributed by atoms with van der Waals surface area (Å²) in [6, 6.07) is 1.75. The first-order chi connectivity index (χ1) is 21.8. The Labute approximate surface area is 372 Å². The summed E-state index contributed by atoms with van der Waals surface area (Å²) in [5.74, 6) is 0. The second kappa shape index (κ2) is 24.2. The van der Waals surface area contributed by atoms with Crippen molar-refractivity contribution in [2.45, 2.75) is 65.3 Å². The van der Waals surface area contributed by atoms with Crippen LogP contribution in [0.15, 0.2) is 0 Å². The van der Waals surface area contributed by atoms with E-state index in [2.05, 4.69) is 0 Å². The van der Waals surface area contributed by atoms with Crippen LogP contribution >= 0.6 is 0 Å². The molecule has 0 radical (unpaired) electrons. The summed E-state index contributed by atoms with van der Waals surface area (Å²) < 4.78 is 351. The standard InChI is InChI=1S/2C4H2F8NO4S2.C2HF5O2S.C2H3N.2K.H2O/c2*5-1(6)3(9,10)18(14,15)13-19(16,17)4(11,12)2(7)8;3-1(4)2(5,6)10(7,8)9;1-2-3;;;/h2*1-2H;1H;1H3;;;1H2/q2*-1;;;2*+1;/p-1. The molecule has 14 nitrogen and oxygen atoms in total. The molecule has 0 aliphatic rings. The third kappa shape index (κ3) is 18.5. The number of hydrogen-bond donors (Lipinski definition) is 0. The molecule has 0 amide bonds. The van der Waals surface area contributed by atoms with Gasteiger partial charge in [0, 0.05) is 6.92 Å². The average Bonchev–Trinajstić information content (AvgIpc) is 2.87. The van der Waals surface area contributed by atoms with Crippen LogP contribution in [0.1, 0.15) is 6.92 Å². The number of sulfonamides is 4. The van der Waals surface area contributed by atoms with Gasteiger partial charge in [0.1, 0.15) is 0 Å². The summed E-state index contributed by atoms with van der Waals surface area (Å²) in [6.07, 6.45) is -24.6. The van der Waals surface area contributed by atoms with E-state index in [1.54, 1.807) is 6.07 Å². The first-order valence-electron chi connectivity index (χ1n) is 9.81. The van der Waals surface area contributed by atoms with Crippen molar-refractivity contribution in [3.05, 3.63) is 8.25 Å². The fourth-order valence-corrected chi connectivity index (χ4v) is 5.78. The van der Waals surface area contributed by atoms with Crippen molar-refractivity contribution < 1.29 is 242 Å². The molecule has 0 aliphatic heterocycles. The predicted molar refractivity (Wildman–Crippen MR) is 120 cm³/mol. The average molecular weight is 1010 g/mol. The van der Waals surface area contributed by atoms with E-state index in [9.17, 15) is 134 Å². The molecule has 0 aliphatic carbocycles. The van der Waals surface area contributed by atoms with Gasteiger partial charge >= 0.3 is 171 Å². The van der Waals surface area contributed by atoms with Crippen molar-refractivity contribution in [2.24, 2.45) is 0 Å². The summed E-state index contributed by atoms with van der Waals surface area (Å²) in [4.78, 5) is 0. The van der Waals surface area contributed by atoms with Crippen molar-refractivity contribution in [1.29, 1.82) is 5.26 Å². The van der Waals surface area contributed by atoms with Gasteiger partial charge in [0.2, 0.25) is 0 Å². The molecule has 0 saturated carbocycles. The van der Waals surface area contributed by atoms with Gasteiger partial charge in [0.05, 0.1) is 6.07 Å². The number of rotatable bonds is 14.